The number of hydrogen-bond acceptors (Lipinski definition) is 5. The van der Waals surface area contributed by atoms with Crippen LogP contribution in [0.1, 0.15) is 21.5 Å². The zero-order valence-corrected chi connectivity index (χ0v) is 16.8. The molecule has 0 bridgehead atoms. The average Bonchev–Trinajstić information content (AvgIpc) is 3.32. The number of methoxy groups -OCH3 is 1. The summed E-state index contributed by atoms with van der Waals surface area (Å²) in [4.78, 5) is 17.0. The number of nitrogens with zero attached hydrogens (tertiary/aromatic N) is 4. The van der Waals surface area contributed by atoms with Gasteiger partial charge in [-0.05, 0) is 16.7 Å². The minimum atomic E-state index is -0.291. The maximum Gasteiger partial charge on any atom is 0.256 e. The molecule has 4 aromatic rings. The molecule has 2 aromatic carbocycles. The predicted octanol–water partition coefficient (Wildman–Crippen LogP) is 3.74. The number of nitrogens with one attached hydrogen (secondary N) is 1. The molecule has 2 heterocycles. The molecule has 152 valence electrons. The van der Waals surface area contributed by atoms with E-state index >= 15 is 0 Å². The molecule has 0 saturated heterocycles. The summed E-state index contributed by atoms with van der Waals surface area (Å²) >= 11 is 0. The number of benzene rings is 2. The molecule has 0 aliphatic rings. The third-order valence-corrected chi connectivity index (χ3v) is 4.78. The second-order valence-corrected chi connectivity index (χ2v) is 6.77. The van der Waals surface area contributed by atoms with Crippen LogP contribution in [0.3, 0.4) is 0 Å². The van der Waals surface area contributed by atoms with Gasteiger partial charge in [0.1, 0.15) is 11.8 Å². The minimum absolute atomic E-state index is 0.291. The molecule has 0 fully saturated rings. The molecule has 0 spiro atoms. The number of hydrogen-bond donors (Lipinski definition) is 1. The van der Waals surface area contributed by atoms with Crippen molar-refractivity contribution >= 4 is 5.91 Å². The van der Waals surface area contributed by atoms with Crippen molar-refractivity contribution in [3.8, 4) is 28.8 Å². The molecule has 1 N–H and O–H groups in total. The third kappa shape index (κ3) is 4.43. The van der Waals surface area contributed by atoms with Crippen LogP contribution in [-0.2, 0) is 6.54 Å². The van der Waals surface area contributed by atoms with Crippen LogP contribution >= 0.6 is 0 Å². The summed E-state index contributed by atoms with van der Waals surface area (Å²) in [5.41, 5.74) is 3.99. The highest BCUT2D eigenvalue weighted by molar-refractivity contribution is 5.96. The molecule has 0 saturated carbocycles. The molecule has 2 aromatic heterocycles. The van der Waals surface area contributed by atoms with Crippen molar-refractivity contribution < 1.29 is 9.53 Å². The van der Waals surface area contributed by atoms with Gasteiger partial charge in [-0.2, -0.15) is 10.4 Å². The second-order valence-electron chi connectivity index (χ2n) is 6.77. The molecule has 0 unspecified atom stereocenters. The highest BCUT2D eigenvalue weighted by Gasteiger charge is 2.15. The zero-order valence-electron chi connectivity index (χ0n) is 16.8. The molecule has 0 aliphatic heterocycles. The Balaban J connectivity index is 1.45. The van der Waals surface area contributed by atoms with Crippen molar-refractivity contribution in [1.29, 1.82) is 5.26 Å². The van der Waals surface area contributed by atoms with Gasteiger partial charge in [-0.25, -0.2) is 9.67 Å². The Morgan fingerprint density at radius 3 is 2.52 bits per heavy atom. The first-order chi connectivity index (χ1) is 15.2. The Labute approximate surface area is 179 Å². The number of ether oxygens (including phenoxy) is 1. The topological polar surface area (TPSA) is 92.8 Å². The van der Waals surface area contributed by atoms with Crippen molar-refractivity contribution in [2.24, 2.45) is 0 Å². The fourth-order valence-corrected chi connectivity index (χ4v) is 3.12. The molecule has 7 heteroatoms. The average molecular weight is 409 g/mol. The quantitative estimate of drug-likeness (QED) is 0.524. The van der Waals surface area contributed by atoms with Crippen LogP contribution in [0.4, 0.5) is 0 Å². The first-order valence-corrected chi connectivity index (χ1v) is 9.59. The van der Waals surface area contributed by atoms with E-state index in [2.05, 4.69) is 27.5 Å². The summed E-state index contributed by atoms with van der Waals surface area (Å²) in [6.07, 6.45) is 4.44. The fourth-order valence-electron chi connectivity index (χ4n) is 3.12. The lowest BCUT2D eigenvalue weighted by atomic mass is 10.0. The Kier molecular flexibility index (Phi) is 5.72. The third-order valence-electron chi connectivity index (χ3n) is 4.78. The van der Waals surface area contributed by atoms with Gasteiger partial charge in [0, 0.05) is 18.8 Å². The summed E-state index contributed by atoms with van der Waals surface area (Å²) in [6, 6.07) is 21.8. The summed E-state index contributed by atoms with van der Waals surface area (Å²) in [5.74, 6) is 0.531. The van der Waals surface area contributed by atoms with Crippen molar-refractivity contribution in [2.45, 2.75) is 6.54 Å². The largest absolute Gasteiger partial charge is 0.496 e. The van der Waals surface area contributed by atoms with Gasteiger partial charge in [-0.15, -0.1) is 0 Å². The number of carbonyl (C=O) groups excluding carboxylic acids is 1. The number of aromatic nitrogens is 3. The smallest absolute Gasteiger partial charge is 0.256 e. The first-order valence-electron chi connectivity index (χ1n) is 9.59. The van der Waals surface area contributed by atoms with Crippen molar-refractivity contribution in [3.05, 3.63) is 95.9 Å². The first kappa shape index (κ1) is 19.9. The SMILES string of the molecule is COc1cc(-n2cc(C#N)cn2)ncc1C(=O)NCc1ccc(-c2ccccc2)cc1. The van der Waals surface area contributed by atoms with Gasteiger partial charge in [0.25, 0.3) is 5.91 Å². The summed E-state index contributed by atoms with van der Waals surface area (Å²) in [5, 5.41) is 15.9. The lowest BCUT2D eigenvalue weighted by molar-refractivity contribution is 0.0947. The van der Waals surface area contributed by atoms with E-state index in [9.17, 15) is 4.79 Å². The van der Waals surface area contributed by atoms with E-state index in [1.807, 2.05) is 48.5 Å². The van der Waals surface area contributed by atoms with E-state index in [0.29, 0.717) is 29.2 Å². The lowest BCUT2D eigenvalue weighted by Crippen LogP contribution is -2.23. The number of carbonyl (C=O) groups is 1. The summed E-state index contributed by atoms with van der Waals surface area (Å²) < 4.78 is 6.83. The van der Waals surface area contributed by atoms with Crippen molar-refractivity contribution in [2.75, 3.05) is 7.11 Å². The van der Waals surface area contributed by atoms with Crippen LogP contribution in [0.5, 0.6) is 5.75 Å². The fraction of sp³-hybridized carbons (Fsp3) is 0.0833. The van der Waals surface area contributed by atoms with Gasteiger partial charge >= 0.3 is 0 Å². The van der Waals surface area contributed by atoms with Gasteiger partial charge in [0.2, 0.25) is 0 Å². The van der Waals surface area contributed by atoms with Crippen LogP contribution < -0.4 is 10.1 Å². The lowest BCUT2D eigenvalue weighted by Gasteiger charge is -2.11. The Bertz CT molecular complexity index is 1240. The van der Waals surface area contributed by atoms with Crippen LogP contribution in [0.2, 0.25) is 0 Å². The van der Waals surface area contributed by atoms with Gasteiger partial charge < -0.3 is 10.1 Å². The Morgan fingerprint density at radius 2 is 1.84 bits per heavy atom. The van der Waals surface area contributed by atoms with E-state index in [4.69, 9.17) is 10.00 Å². The molecule has 0 aliphatic carbocycles. The molecule has 31 heavy (non-hydrogen) atoms. The van der Waals surface area contributed by atoms with Gasteiger partial charge in [0.15, 0.2) is 5.82 Å². The number of amides is 1. The molecule has 1 amide bonds. The van der Waals surface area contributed by atoms with Crippen LogP contribution in [0.15, 0.2) is 79.3 Å². The van der Waals surface area contributed by atoms with Crippen molar-refractivity contribution in [3.63, 3.8) is 0 Å². The number of rotatable bonds is 6. The standard InChI is InChI=1S/C24H19N5O2/c1-31-22-11-23(29-16-18(12-25)14-28-29)26-15-21(22)24(30)27-13-17-7-9-20(10-8-17)19-5-3-2-4-6-19/h2-11,14-16H,13H2,1H3,(H,27,30). The second kappa shape index (κ2) is 8.93. The molecule has 0 radical (unpaired) electrons. The molecular weight excluding hydrogens is 390 g/mol. The maximum atomic E-state index is 12.7. The predicted molar refractivity (Wildman–Crippen MR) is 116 cm³/mol. The van der Waals surface area contributed by atoms with E-state index in [1.165, 1.54) is 24.2 Å². The summed E-state index contributed by atoms with van der Waals surface area (Å²) in [6.45, 7) is 0.378. The van der Waals surface area contributed by atoms with Crippen molar-refractivity contribution in [1.82, 2.24) is 20.1 Å². The Morgan fingerprint density at radius 1 is 1.10 bits per heavy atom. The molecular formula is C24H19N5O2. The highest BCUT2D eigenvalue weighted by atomic mass is 16.5. The summed E-state index contributed by atoms with van der Waals surface area (Å²) in [7, 11) is 1.49. The van der Waals surface area contributed by atoms with E-state index in [0.717, 1.165) is 16.7 Å². The normalized spacial score (nSPS) is 10.3. The Hall–Kier alpha value is -4.44. The molecule has 7 nitrogen and oxygen atoms in total. The molecule has 4 rings (SSSR count). The molecule has 0 atom stereocenters. The van der Waals surface area contributed by atoms with Gasteiger partial charge in [-0.1, -0.05) is 54.6 Å². The maximum absolute atomic E-state index is 12.7. The van der Waals surface area contributed by atoms with Crippen LogP contribution in [0, 0.1) is 11.3 Å². The van der Waals surface area contributed by atoms with Crippen LogP contribution in [0.25, 0.3) is 16.9 Å². The monoisotopic (exact) mass is 409 g/mol. The van der Waals surface area contributed by atoms with Gasteiger partial charge in [-0.3, -0.25) is 4.79 Å². The zero-order chi connectivity index (χ0) is 21.6. The van der Waals surface area contributed by atoms with Gasteiger partial charge in [0.05, 0.1) is 30.6 Å². The van der Waals surface area contributed by atoms with E-state index in [1.54, 1.807) is 12.3 Å². The van der Waals surface area contributed by atoms with E-state index in [-0.39, 0.29) is 5.91 Å². The van der Waals surface area contributed by atoms with E-state index < -0.39 is 0 Å². The number of nitriles is 1. The van der Waals surface area contributed by atoms with Crippen LogP contribution in [-0.4, -0.2) is 27.8 Å². The highest BCUT2D eigenvalue weighted by Crippen LogP contribution is 2.21. The number of pyridine rings is 1. The minimum Gasteiger partial charge on any atom is -0.496 e.